The van der Waals surface area contributed by atoms with Crippen LogP contribution in [0.3, 0.4) is 0 Å². The zero-order valence-corrected chi connectivity index (χ0v) is 15.0. The largest absolute Gasteiger partial charge is 0.494 e. The number of benzene rings is 1. The molecular weight excluding hydrogens is 333 g/mol. The minimum Gasteiger partial charge on any atom is -0.494 e. The number of ether oxygens (including phenoxy) is 1. The second-order valence-corrected chi connectivity index (χ2v) is 6.84. The summed E-state index contributed by atoms with van der Waals surface area (Å²) in [6.07, 6.45) is 3.78. The van der Waals surface area contributed by atoms with Crippen LogP contribution in [0.4, 0.5) is 4.39 Å². The van der Waals surface area contributed by atoms with Gasteiger partial charge in [0.05, 0.1) is 12.8 Å². The summed E-state index contributed by atoms with van der Waals surface area (Å²) < 4.78 is 20.6. The number of aromatic nitrogens is 4. The third kappa shape index (κ3) is 3.26. The van der Waals surface area contributed by atoms with E-state index in [2.05, 4.69) is 26.0 Å². The molecule has 7 heteroatoms. The van der Waals surface area contributed by atoms with Gasteiger partial charge < -0.3 is 4.74 Å². The van der Waals surface area contributed by atoms with Gasteiger partial charge >= 0.3 is 0 Å². The molecule has 1 aliphatic rings. The highest BCUT2D eigenvalue weighted by atomic mass is 19.1. The zero-order valence-electron chi connectivity index (χ0n) is 15.0. The summed E-state index contributed by atoms with van der Waals surface area (Å²) >= 11 is 0. The third-order valence-electron chi connectivity index (χ3n) is 4.95. The van der Waals surface area contributed by atoms with E-state index in [9.17, 15) is 4.39 Å². The van der Waals surface area contributed by atoms with Crippen LogP contribution in [0.15, 0.2) is 30.6 Å². The van der Waals surface area contributed by atoms with Gasteiger partial charge in [-0.2, -0.15) is 10.1 Å². The first-order valence-electron chi connectivity index (χ1n) is 8.86. The van der Waals surface area contributed by atoms with Crippen LogP contribution in [0.25, 0.3) is 5.78 Å². The van der Waals surface area contributed by atoms with E-state index in [1.54, 1.807) is 12.4 Å². The van der Waals surface area contributed by atoms with Crippen LogP contribution >= 0.6 is 0 Å². The van der Waals surface area contributed by atoms with Crippen LogP contribution in [0.1, 0.15) is 35.7 Å². The van der Waals surface area contributed by atoms with Gasteiger partial charge in [-0.1, -0.05) is 6.07 Å². The van der Waals surface area contributed by atoms with Crippen LogP contribution in [0.2, 0.25) is 0 Å². The molecule has 0 radical (unpaired) electrons. The predicted molar refractivity (Wildman–Crippen MR) is 95.7 cm³/mol. The van der Waals surface area contributed by atoms with Crippen molar-refractivity contribution in [1.29, 1.82) is 0 Å². The second-order valence-electron chi connectivity index (χ2n) is 6.84. The number of methoxy groups -OCH3 is 1. The van der Waals surface area contributed by atoms with E-state index < -0.39 is 0 Å². The molecule has 0 amide bonds. The van der Waals surface area contributed by atoms with Crippen molar-refractivity contribution in [2.24, 2.45) is 0 Å². The molecule has 136 valence electrons. The molecule has 0 spiro atoms. The van der Waals surface area contributed by atoms with Crippen LogP contribution in [0.5, 0.6) is 5.75 Å². The number of aryl methyl sites for hydroxylation is 1. The normalized spacial score (nSPS) is 18.3. The Kier molecular flexibility index (Phi) is 4.55. The van der Waals surface area contributed by atoms with Crippen LogP contribution in [-0.2, 0) is 6.54 Å². The Morgan fingerprint density at radius 3 is 3.04 bits per heavy atom. The number of nitrogens with zero attached hydrogens (tertiary/aromatic N) is 5. The van der Waals surface area contributed by atoms with Crippen LogP contribution in [0, 0.1) is 12.7 Å². The first-order valence-corrected chi connectivity index (χ1v) is 8.86. The average Bonchev–Trinajstić information content (AvgIpc) is 3.11. The quantitative estimate of drug-likeness (QED) is 0.720. The van der Waals surface area contributed by atoms with Crippen molar-refractivity contribution in [3.63, 3.8) is 0 Å². The lowest BCUT2D eigenvalue weighted by Crippen LogP contribution is -2.34. The van der Waals surface area contributed by atoms with E-state index in [0.29, 0.717) is 17.4 Å². The lowest BCUT2D eigenvalue weighted by molar-refractivity contribution is 0.197. The van der Waals surface area contributed by atoms with Gasteiger partial charge in [-0.25, -0.2) is 13.9 Å². The monoisotopic (exact) mass is 355 g/mol. The Morgan fingerprint density at radius 1 is 1.31 bits per heavy atom. The van der Waals surface area contributed by atoms with Crippen molar-refractivity contribution in [1.82, 2.24) is 24.5 Å². The Bertz CT molecular complexity index is 925. The minimum atomic E-state index is -0.325. The lowest BCUT2D eigenvalue weighted by Gasteiger charge is -2.33. The molecule has 26 heavy (non-hydrogen) atoms. The highest BCUT2D eigenvalue weighted by Crippen LogP contribution is 2.28. The van der Waals surface area contributed by atoms with Gasteiger partial charge in [0.25, 0.3) is 5.78 Å². The number of hydrogen-bond donors (Lipinski definition) is 0. The first kappa shape index (κ1) is 16.9. The number of likely N-dealkylation sites (tertiary alicyclic amines) is 1. The second kappa shape index (κ2) is 6.99. The molecule has 2 aromatic heterocycles. The van der Waals surface area contributed by atoms with E-state index in [0.717, 1.165) is 49.4 Å². The van der Waals surface area contributed by atoms with Crippen molar-refractivity contribution in [3.05, 3.63) is 53.4 Å². The van der Waals surface area contributed by atoms with Crippen LogP contribution < -0.4 is 4.74 Å². The fraction of sp³-hybridized carbons (Fsp3) is 0.421. The fourth-order valence-electron chi connectivity index (χ4n) is 3.75. The van der Waals surface area contributed by atoms with Crippen molar-refractivity contribution in [2.45, 2.75) is 32.2 Å². The number of rotatable bonds is 4. The van der Waals surface area contributed by atoms with E-state index in [4.69, 9.17) is 4.74 Å². The standard InChI is InChI=1S/C19H22FN5O/c1-13-8-17(25-19(23-13)21-12-22-25)15-4-3-7-24(11-15)10-14-5-6-16(20)18(9-14)26-2/h5-6,8-9,12,15H,3-4,7,10-11H2,1-2H3. The summed E-state index contributed by atoms with van der Waals surface area (Å²) in [6.45, 7) is 4.72. The molecule has 4 rings (SSSR count). The van der Waals surface area contributed by atoms with E-state index in [1.165, 1.54) is 13.2 Å². The smallest absolute Gasteiger partial charge is 0.252 e. The molecule has 1 aliphatic heterocycles. The molecule has 1 atom stereocenters. The van der Waals surface area contributed by atoms with Gasteiger partial charge in [-0.3, -0.25) is 4.90 Å². The summed E-state index contributed by atoms with van der Waals surface area (Å²) in [5.74, 6) is 0.996. The molecule has 1 aromatic carbocycles. The molecule has 0 bridgehead atoms. The molecule has 6 nitrogen and oxygen atoms in total. The maximum absolute atomic E-state index is 13.6. The lowest BCUT2D eigenvalue weighted by atomic mass is 9.93. The molecule has 1 fully saturated rings. The summed E-state index contributed by atoms with van der Waals surface area (Å²) in [7, 11) is 1.49. The molecule has 1 saturated heterocycles. The SMILES string of the molecule is COc1cc(CN2CCCC(c3cc(C)nc4ncnn34)C2)ccc1F. The predicted octanol–water partition coefficient (Wildman–Crippen LogP) is 2.96. The maximum atomic E-state index is 13.6. The molecule has 0 saturated carbocycles. The fourth-order valence-corrected chi connectivity index (χ4v) is 3.75. The summed E-state index contributed by atoms with van der Waals surface area (Å²) in [5.41, 5.74) is 3.17. The zero-order chi connectivity index (χ0) is 18.1. The first-order chi connectivity index (χ1) is 12.6. The van der Waals surface area contributed by atoms with E-state index >= 15 is 0 Å². The average molecular weight is 355 g/mol. The Labute approximate surface area is 151 Å². The minimum absolute atomic E-state index is 0.296. The highest BCUT2D eigenvalue weighted by Gasteiger charge is 2.24. The number of hydrogen-bond acceptors (Lipinski definition) is 5. The van der Waals surface area contributed by atoms with E-state index in [1.807, 2.05) is 17.5 Å². The van der Waals surface area contributed by atoms with Crippen molar-refractivity contribution < 1.29 is 9.13 Å². The molecular formula is C19H22FN5O. The molecule has 0 aliphatic carbocycles. The summed E-state index contributed by atoms with van der Waals surface area (Å²) in [6, 6.07) is 7.19. The molecule has 3 aromatic rings. The maximum Gasteiger partial charge on any atom is 0.252 e. The topological polar surface area (TPSA) is 55.5 Å². The van der Waals surface area contributed by atoms with Gasteiger partial charge in [-0.05, 0) is 50.1 Å². The van der Waals surface area contributed by atoms with Crippen LogP contribution in [-0.4, -0.2) is 44.7 Å². The van der Waals surface area contributed by atoms with Gasteiger partial charge in [0, 0.05) is 24.7 Å². The molecule has 0 N–H and O–H groups in total. The Hall–Kier alpha value is -2.54. The number of fused-ring (bicyclic) bond motifs is 1. The number of halogens is 1. The molecule has 1 unspecified atom stereocenters. The highest BCUT2D eigenvalue weighted by molar-refractivity contribution is 5.32. The molecule has 3 heterocycles. The summed E-state index contributed by atoms with van der Waals surface area (Å²) in [4.78, 5) is 11.1. The third-order valence-corrected chi connectivity index (χ3v) is 4.95. The van der Waals surface area contributed by atoms with Gasteiger partial charge in [0.15, 0.2) is 11.6 Å². The van der Waals surface area contributed by atoms with Gasteiger partial charge in [-0.15, -0.1) is 0 Å². The van der Waals surface area contributed by atoms with Crippen molar-refractivity contribution in [2.75, 3.05) is 20.2 Å². The summed E-state index contributed by atoms with van der Waals surface area (Å²) in [5, 5.41) is 4.34. The number of piperidine rings is 1. The van der Waals surface area contributed by atoms with Crippen molar-refractivity contribution >= 4 is 5.78 Å². The van der Waals surface area contributed by atoms with Crippen molar-refractivity contribution in [3.8, 4) is 5.75 Å². The van der Waals surface area contributed by atoms with Gasteiger partial charge in [0.1, 0.15) is 6.33 Å². The Morgan fingerprint density at radius 2 is 2.19 bits per heavy atom. The van der Waals surface area contributed by atoms with Gasteiger partial charge in [0.2, 0.25) is 0 Å². The van der Waals surface area contributed by atoms with E-state index in [-0.39, 0.29) is 5.82 Å². The Balaban J connectivity index is 1.55.